The van der Waals surface area contributed by atoms with Gasteiger partial charge in [0, 0.05) is 25.5 Å². The summed E-state index contributed by atoms with van der Waals surface area (Å²) in [5, 5.41) is 4.25. The number of hydrogen-bond donors (Lipinski definition) is 1. The molecule has 1 aliphatic heterocycles. The molecule has 1 aromatic heterocycles. The zero-order chi connectivity index (χ0) is 16.1. The maximum absolute atomic E-state index is 6.15. The number of nitrogens with two attached hydrogens (primary N) is 1. The van der Waals surface area contributed by atoms with Crippen LogP contribution in [0.25, 0.3) is 0 Å². The molecular weight excluding hydrogens is 413 g/mol. The topological polar surface area (TPSA) is 59.4 Å². The molecule has 6 heteroatoms. The Bertz CT molecular complexity index is 645. The van der Waals surface area contributed by atoms with Crippen LogP contribution in [-0.2, 0) is 13.1 Å². The molecule has 0 saturated carbocycles. The second kappa shape index (κ2) is 9.05. The van der Waals surface area contributed by atoms with Crippen molar-refractivity contribution in [3.63, 3.8) is 0 Å². The van der Waals surface area contributed by atoms with Gasteiger partial charge in [-0.2, -0.15) is 5.10 Å². The van der Waals surface area contributed by atoms with E-state index in [9.17, 15) is 0 Å². The zero-order valence-corrected chi connectivity index (χ0v) is 16.5. The highest BCUT2D eigenvalue weighted by molar-refractivity contribution is 14.0. The van der Waals surface area contributed by atoms with E-state index in [1.165, 1.54) is 24.0 Å². The third kappa shape index (κ3) is 5.22. The van der Waals surface area contributed by atoms with Crippen LogP contribution in [0.4, 0.5) is 0 Å². The second-order valence-electron chi connectivity index (χ2n) is 6.37. The van der Waals surface area contributed by atoms with Gasteiger partial charge in [-0.3, -0.25) is 4.68 Å². The summed E-state index contributed by atoms with van der Waals surface area (Å²) in [6, 6.07) is 10.4. The van der Waals surface area contributed by atoms with Crippen molar-refractivity contribution >= 4 is 29.9 Å². The van der Waals surface area contributed by atoms with Crippen LogP contribution in [0.1, 0.15) is 30.9 Å². The Balaban J connectivity index is 0.00000208. The maximum Gasteiger partial charge on any atom is 0.191 e. The summed E-state index contributed by atoms with van der Waals surface area (Å²) in [4.78, 5) is 6.78. The van der Waals surface area contributed by atoms with Crippen molar-refractivity contribution in [2.45, 2.75) is 32.9 Å². The van der Waals surface area contributed by atoms with Crippen molar-refractivity contribution in [2.24, 2.45) is 16.6 Å². The van der Waals surface area contributed by atoms with E-state index in [0.29, 0.717) is 12.5 Å². The van der Waals surface area contributed by atoms with Crippen LogP contribution in [0.3, 0.4) is 0 Å². The van der Waals surface area contributed by atoms with Crippen molar-refractivity contribution in [1.82, 2.24) is 14.7 Å². The molecule has 0 aliphatic carbocycles. The first-order chi connectivity index (χ1) is 11.2. The number of nitrogens with zero attached hydrogens (tertiary/aromatic N) is 4. The van der Waals surface area contributed by atoms with Crippen molar-refractivity contribution in [2.75, 3.05) is 13.1 Å². The molecule has 0 atom stereocenters. The molecule has 2 aromatic rings. The van der Waals surface area contributed by atoms with E-state index in [4.69, 9.17) is 5.73 Å². The van der Waals surface area contributed by atoms with Crippen LogP contribution in [0.15, 0.2) is 47.7 Å². The average Bonchev–Trinajstić information content (AvgIpc) is 3.07. The lowest BCUT2D eigenvalue weighted by Gasteiger charge is -2.31. The quantitative estimate of drug-likeness (QED) is 0.453. The fraction of sp³-hybridized carbons (Fsp3) is 0.444. The highest BCUT2D eigenvalue weighted by atomic mass is 127. The second-order valence-corrected chi connectivity index (χ2v) is 6.37. The molecule has 5 nitrogen and oxygen atoms in total. The van der Waals surface area contributed by atoms with Crippen LogP contribution in [0, 0.1) is 5.92 Å². The Kier molecular flexibility index (Phi) is 7.08. The molecule has 1 aliphatic rings. The third-order valence-electron chi connectivity index (χ3n) is 4.43. The molecule has 1 saturated heterocycles. The van der Waals surface area contributed by atoms with Gasteiger partial charge in [0.1, 0.15) is 0 Å². The monoisotopic (exact) mass is 439 g/mol. The predicted molar refractivity (Wildman–Crippen MR) is 108 cm³/mol. The number of aliphatic imine (C=N–C) groups is 1. The average molecular weight is 439 g/mol. The fourth-order valence-corrected chi connectivity index (χ4v) is 2.92. The lowest BCUT2D eigenvalue weighted by molar-refractivity contribution is 0.277. The SMILES string of the molecule is CC1CCN(C(N)=NCc2cccc(Cn3cccn3)c2)CC1.I. The molecular formula is C18H26IN5. The summed E-state index contributed by atoms with van der Waals surface area (Å²) < 4.78 is 1.92. The minimum atomic E-state index is 0. The summed E-state index contributed by atoms with van der Waals surface area (Å²) in [7, 11) is 0. The number of rotatable bonds is 4. The van der Waals surface area contributed by atoms with E-state index in [1.54, 1.807) is 6.20 Å². The van der Waals surface area contributed by atoms with Gasteiger partial charge in [-0.05, 0) is 36.0 Å². The van der Waals surface area contributed by atoms with Crippen molar-refractivity contribution in [3.8, 4) is 0 Å². The lowest BCUT2D eigenvalue weighted by atomic mass is 10.00. The summed E-state index contributed by atoms with van der Waals surface area (Å²) in [6.07, 6.45) is 6.18. The van der Waals surface area contributed by atoms with Crippen LogP contribution in [0.5, 0.6) is 0 Å². The van der Waals surface area contributed by atoms with E-state index < -0.39 is 0 Å². The molecule has 2 heterocycles. The summed E-state index contributed by atoms with van der Waals surface area (Å²) in [5.41, 5.74) is 8.56. The number of piperidine rings is 1. The van der Waals surface area contributed by atoms with Crippen LogP contribution >= 0.6 is 24.0 Å². The highest BCUT2D eigenvalue weighted by Gasteiger charge is 2.16. The van der Waals surface area contributed by atoms with Crippen LogP contribution in [0.2, 0.25) is 0 Å². The molecule has 3 rings (SSSR count). The van der Waals surface area contributed by atoms with Gasteiger partial charge >= 0.3 is 0 Å². The molecule has 0 unspecified atom stereocenters. The summed E-state index contributed by atoms with van der Waals surface area (Å²) in [5.74, 6) is 1.48. The van der Waals surface area contributed by atoms with Crippen molar-refractivity contribution in [1.29, 1.82) is 0 Å². The maximum atomic E-state index is 6.15. The van der Waals surface area contributed by atoms with E-state index in [1.807, 2.05) is 16.9 Å². The number of guanidine groups is 1. The molecule has 0 spiro atoms. The Hall–Kier alpha value is -1.57. The lowest BCUT2D eigenvalue weighted by Crippen LogP contribution is -2.42. The Labute approximate surface area is 161 Å². The first-order valence-corrected chi connectivity index (χ1v) is 8.31. The number of halogens is 1. The Morgan fingerprint density at radius 3 is 2.71 bits per heavy atom. The molecule has 130 valence electrons. The molecule has 0 bridgehead atoms. The zero-order valence-electron chi connectivity index (χ0n) is 14.1. The van der Waals surface area contributed by atoms with Gasteiger partial charge in [-0.15, -0.1) is 24.0 Å². The van der Waals surface area contributed by atoms with Crippen LogP contribution in [-0.4, -0.2) is 33.7 Å². The predicted octanol–water partition coefficient (Wildman–Crippen LogP) is 3.10. The largest absolute Gasteiger partial charge is 0.370 e. The standard InChI is InChI=1S/C18H25N5.HI/c1-15-6-10-22(11-7-15)18(19)20-13-16-4-2-5-17(12-16)14-23-9-3-8-21-23;/h2-5,8-9,12,15H,6-7,10-11,13-14H2,1H3,(H2,19,20);1H. The van der Waals surface area contributed by atoms with E-state index in [0.717, 1.165) is 25.6 Å². The van der Waals surface area contributed by atoms with Gasteiger partial charge in [0.05, 0.1) is 13.1 Å². The smallest absolute Gasteiger partial charge is 0.191 e. The van der Waals surface area contributed by atoms with Gasteiger partial charge in [0.25, 0.3) is 0 Å². The fourth-order valence-electron chi connectivity index (χ4n) is 2.92. The van der Waals surface area contributed by atoms with Crippen LogP contribution < -0.4 is 5.73 Å². The Morgan fingerprint density at radius 1 is 1.25 bits per heavy atom. The molecule has 24 heavy (non-hydrogen) atoms. The normalized spacial score (nSPS) is 16.0. The minimum absolute atomic E-state index is 0. The van der Waals surface area contributed by atoms with Crippen molar-refractivity contribution < 1.29 is 0 Å². The van der Waals surface area contributed by atoms with E-state index in [-0.39, 0.29) is 24.0 Å². The first-order valence-electron chi connectivity index (χ1n) is 8.31. The third-order valence-corrected chi connectivity index (χ3v) is 4.43. The van der Waals surface area contributed by atoms with E-state index in [2.05, 4.69) is 46.2 Å². The van der Waals surface area contributed by atoms with Gasteiger partial charge in [0.15, 0.2) is 5.96 Å². The number of likely N-dealkylation sites (tertiary alicyclic amines) is 1. The van der Waals surface area contributed by atoms with Gasteiger partial charge in [0.2, 0.25) is 0 Å². The minimum Gasteiger partial charge on any atom is -0.370 e. The molecule has 0 amide bonds. The van der Waals surface area contributed by atoms with Gasteiger partial charge < -0.3 is 10.6 Å². The van der Waals surface area contributed by atoms with Crippen molar-refractivity contribution in [3.05, 3.63) is 53.9 Å². The van der Waals surface area contributed by atoms with Gasteiger partial charge in [-0.1, -0.05) is 31.2 Å². The Morgan fingerprint density at radius 2 is 2.00 bits per heavy atom. The molecule has 2 N–H and O–H groups in total. The summed E-state index contributed by atoms with van der Waals surface area (Å²) >= 11 is 0. The highest BCUT2D eigenvalue weighted by Crippen LogP contribution is 2.16. The van der Waals surface area contributed by atoms with Gasteiger partial charge in [-0.25, -0.2) is 4.99 Å². The number of hydrogen-bond acceptors (Lipinski definition) is 2. The molecule has 0 radical (unpaired) electrons. The molecule has 1 aromatic carbocycles. The first kappa shape index (κ1) is 18.8. The number of aromatic nitrogens is 2. The number of benzene rings is 1. The molecule has 1 fully saturated rings. The summed E-state index contributed by atoms with van der Waals surface area (Å²) in [6.45, 7) is 5.76. The van der Waals surface area contributed by atoms with E-state index >= 15 is 0 Å².